The fourth-order valence-corrected chi connectivity index (χ4v) is 2.91. The van der Waals surface area contributed by atoms with Crippen LogP contribution in [0.3, 0.4) is 0 Å². The molecule has 2 rings (SSSR count). The van der Waals surface area contributed by atoms with Gasteiger partial charge in [0, 0.05) is 22.2 Å². The maximum atomic E-state index is 12.4. The van der Waals surface area contributed by atoms with Crippen LogP contribution in [0.2, 0.25) is 10.0 Å². The lowest BCUT2D eigenvalue weighted by molar-refractivity contribution is 0.101. The predicted octanol–water partition coefficient (Wildman–Crippen LogP) is 5.53. The Kier molecular flexibility index (Phi) is 5.36. The van der Waals surface area contributed by atoms with E-state index in [9.17, 15) is 4.79 Å². The van der Waals surface area contributed by atoms with Crippen molar-refractivity contribution in [2.24, 2.45) is 0 Å². The fraction of sp³-hybridized carbons (Fsp3) is 0.267. The molecule has 112 valence electrons. The largest absolute Gasteiger partial charge is 0.342 e. The van der Waals surface area contributed by atoms with Crippen molar-refractivity contribution in [3.05, 3.63) is 50.2 Å². The summed E-state index contributed by atoms with van der Waals surface area (Å²) in [5.74, 6) is -0.212. The van der Waals surface area contributed by atoms with E-state index in [-0.39, 0.29) is 5.91 Å². The van der Waals surface area contributed by atoms with Crippen LogP contribution in [-0.4, -0.2) is 10.5 Å². The third kappa shape index (κ3) is 3.82. The van der Waals surface area contributed by atoms with Crippen LogP contribution >= 0.6 is 39.1 Å². The van der Waals surface area contributed by atoms with Crippen molar-refractivity contribution in [2.75, 3.05) is 5.32 Å². The molecule has 1 aromatic heterocycles. The number of nitrogens with one attached hydrogen (secondary N) is 1. The Morgan fingerprint density at radius 1 is 1.29 bits per heavy atom. The Bertz CT molecular complexity index is 683. The van der Waals surface area contributed by atoms with Gasteiger partial charge < -0.3 is 9.88 Å². The Hall–Kier alpha value is -0.970. The molecule has 1 heterocycles. The summed E-state index contributed by atoms with van der Waals surface area (Å²) in [4.78, 5) is 12.4. The molecule has 0 atom stereocenters. The molecule has 3 nitrogen and oxygen atoms in total. The molecule has 0 aliphatic heterocycles. The lowest BCUT2D eigenvalue weighted by Crippen LogP contribution is -2.17. The van der Waals surface area contributed by atoms with Crippen LogP contribution in [0.5, 0.6) is 0 Å². The summed E-state index contributed by atoms with van der Waals surface area (Å²) in [6, 6.07) is 5.19. The lowest BCUT2D eigenvalue weighted by Gasteiger charge is -2.11. The van der Waals surface area contributed by atoms with Gasteiger partial charge in [0.05, 0.1) is 10.7 Å². The smallest absolute Gasteiger partial charge is 0.272 e. The van der Waals surface area contributed by atoms with Gasteiger partial charge in [-0.1, -0.05) is 30.1 Å². The molecule has 0 aliphatic carbocycles. The SMILES string of the molecule is CCCn1cc(Br)cc1C(=O)Nc1cc(Cl)c(C)cc1Cl. The molecular formula is C15H15BrCl2N2O. The maximum absolute atomic E-state index is 12.4. The molecule has 2 aromatic rings. The molecule has 0 bridgehead atoms. The van der Waals surface area contributed by atoms with Crippen LogP contribution in [0.1, 0.15) is 29.4 Å². The van der Waals surface area contributed by atoms with Crippen LogP contribution in [0, 0.1) is 6.92 Å². The van der Waals surface area contributed by atoms with Crippen molar-refractivity contribution in [2.45, 2.75) is 26.8 Å². The Morgan fingerprint density at radius 3 is 2.67 bits per heavy atom. The molecule has 6 heteroatoms. The normalized spacial score (nSPS) is 10.7. The molecule has 0 aliphatic rings. The van der Waals surface area contributed by atoms with Crippen LogP contribution in [0.4, 0.5) is 5.69 Å². The third-order valence-corrected chi connectivity index (χ3v) is 4.21. The number of rotatable bonds is 4. The van der Waals surface area contributed by atoms with E-state index in [1.165, 1.54) is 0 Å². The molecule has 0 unspecified atom stereocenters. The van der Waals surface area contributed by atoms with Gasteiger partial charge in [-0.05, 0) is 53.0 Å². The summed E-state index contributed by atoms with van der Waals surface area (Å²) in [5, 5.41) is 3.85. The third-order valence-electron chi connectivity index (χ3n) is 3.06. The number of halogens is 3. The summed E-state index contributed by atoms with van der Waals surface area (Å²) < 4.78 is 2.78. The quantitative estimate of drug-likeness (QED) is 0.732. The van der Waals surface area contributed by atoms with Gasteiger partial charge in [0.2, 0.25) is 0 Å². The van der Waals surface area contributed by atoms with Gasteiger partial charge in [0.15, 0.2) is 0 Å². The van der Waals surface area contributed by atoms with Gasteiger partial charge in [-0.2, -0.15) is 0 Å². The molecule has 1 N–H and O–H groups in total. The number of nitrogens with zero attached hydrogens (tertiary/aromatic N) is 1. The van der Waals surface area contributed by atoms with Crippen LogP contribution in [0.25, 0.3) is 0 Å². The fourth-order valence-electron chi connectivity index (χ4n) is 2.02. The van der Waals surface area contributed by atoms with Gasteiger partial charge in [-0.25, -0.2) is 0 Å². The number of aromatic nitrogens is 1. The van der Waals surface area contributed by atoms with E-state index in [0.29, 0.717) is 21.4 Å². The molecule has 1 aromatic carbocycles. The highest BCUT2D eigenvalue weighted by molar-refractivity contribution is 9.10. The number of aryl methyl sites for hydroxylation is 2. The Morgan fingerprint density at radius 2 is 2.00 bits per heavy atom. The number of anilines is 1. The zero-order valence-corrected chi connectivity index (χ0v) is 14.8. The molecular weight excluding hydrogens is 375 g/mol. The highest BCUT2D eigenvalue weighted by Crippen LogP contribution is 2.29. The topological polar surface area (TPSA) is 34.0 Å². The van der Waals surface area contributed by atoms with E-state index in [0.717, 1.165) is 23.0 Å². The summed E-state index contributed by atoms with van der Waals surface area (Å²) >= 11 is 15.6. The van der Waals surface area contributed by atoms with Gasteiger partial charge >= 0.3 is 0 Å². The zero-order valence-electron chi connectivity index (χ0n) is 11.7. The van der Waals surface area contributed by atoms with Crippen molar-refractivity contribution < 1.29 is 4.79 Å². The molecule has 0 saturated carbocycles. The highest BCUT2D eigenvalue weighted by Gasteiger charge is 2.15. The lowest BCUT2D eigenvalue weighted by atomic mass is 10.2. The average molecular weight is 390 g/mol. The van der Waals surface area contributed by atoms with Crippen molar-refractivity contribution >= 4 is 50.7 Å². The standard InChI is InChI=1S/C15H15BrCl2N2O/c1-3-4-20-8-10(16)6-14(20)15(21)19-13-7-11(17)9(2)5-12(13)18/h5-8H,3-4H2,1-2H3,(H,19,21). The van der Waals surface area contributed by atoms with Crippen molar-refractivity contribution in [3.63, 3.8) is 0 Å². The minimum Gasteiger partial charge on any atom is -0.342 e. The van der Waals surface area contributed by atoms with E-state index in [1.807, 2.05) is 17.7 Å². The first-order valence-corrected chi connectivity index (χ1v) is 8.10. The first-order chi connectivity index (χ1) is 9.92. The number of carbonyl (C=O) groups excluding carboxylic acids is 1. The van der Waals surface area contributed by atoms with E-state index in [1.54, 1.807) is 18.2 Å². The van der Waals surface area contributed by atoms with Crippen molar-refractivity contribution in [3.8, 4) is 0 Å². The van der Waals surface area contributed by atoms with Crippen molar-refractivity contribution in [1.29, 1.82) is 0 Å². The second-order valence-electron chi connectivity index (χ2n) is 4.77. The first-order valence-electron chi connectivity index (χ1n) is 6.55. The number of hydrogen-bond acceptors (Lipinski definition) is 1. The Balaban J connectivity index is 2.28. The van der Waals surface area contributed by atoms with Crippen molar-refractivity contribution in [1.82, 2.24) is 4.57 Å². The maximum Gasteiger partial charge on any atom is 0.272 e. The second-order valence-corrected chi connectivity index (χ2v) is 6.50. The summed E-state index contributed by atoms with van der Waals surface area (Å²) in [7, 11) is 0. The van der Waals surface area contributed by atoms with E-state index >= 15 is 0 Å². The molecule has 0 fully saturated rings. The highest BCUT2D eigenvalue weighted by atomic mass is 79.9. The Labute approximate surface area is 142 Å². The van der Waals surface area contributed by atoms with Gasteiger partial charge in [0.1, 0.15) is 5.69 Å². The van der Waals surface area contributed by atoms with Crippen LogP contribution < -0.4 is 5.32 Å². The summed E-state index contributed by atoms with van der Waals surface area (Å²) in [5.41, 5.74) is 1.96. The molecule has 0 spiro atoms. The number of hydrogen-bond donors (Lipinski definition) is 1. The number of carbonyl (C=O) groups is 1. The van der Waals surface area contributed by atoms with E-state index in [2.05, 4.69) is 28.2 Å². The predicted molar refractivity (Wildman–Crippen MR) is 91.6 cm³/mol. The summed E-state index contributed by atoms with van der Waals surface area (Å²) in [6.45, 7) is 4.70. The molecule has 0 radical (unpaired) electrons. The zero-order chi connectivity index (χ0) is 15.6. The van der Waals surface area contributed by atoms with E-state index in [4.69, 9.17) is 23.2 Å². The van der Waals surface area contributed by atoms with Gasteiger partial charge in [0.25, 0.3) is 5.91 Å². The minimum atomic E-state index is -0.212. The monoisotopic (exact) mass is 388 g/mol. The van der Waals surface area contributed by atoms with Gasteiger partial charge in [-0.3, -0.25) is 4.79 Å². The molecule has 21 heavy (non-hydrogen) atoms. The summed E-state index contributed by atoms with van der Waals surface area (Å²) in [6.07, 6.45) is 2.83. The molecule has 1 amide bonds. The first kappa shape index (κ1) is 16.4. The average Bonchev–Trinajstić information content (AvgIpc) is 2.77. The minimum absolute atomic E-state index is 0.212. The van der Waals surface area contributed by atoms with Gasteiger partial charge in [-0.15, -0.1) is 0 Å². The van der Waals surface area contributed by atoms with E-state index < -0.39 is 0 Å². The molecule has 0 saturated heterocycles. The number of benzene rings is 1. The van der Waals surface area contributed by atoms with Crippen LogP contribution in [-0.2, 0) is 6.54 Å². The number of amides is 1. The van der Waals surface area contributed by atoms with Crippen LogP contribution in [0.15, 0.2) is 28.9 Å². The second kappa shape index (κ2) is 6.86.